The molecule has 0 radical (unpaired) electrons. The number of hydrogen-bond acceptors (Lipinski definition) is 12. The van der Waals surface area contributed by atoms with Crippen molar-refractivity contribution in [1.82, 2.24) is 39.9 Å². The highest BCUT2D eigenvalue weighted by atomic mass is 79.9. The fraction of sp³-hybridized carbons (Fsp3) is 0.0909. The average molecular weight is 1080 g/mol. The van der Waals surface area contributed by atoms with E-state index in [-0.39, 0.29) is 17.9 Å². The number of anilines is 4. The Labute approximate surface area is 432 Å². The quantitative estimate of drug-likeness (QED) is 0.0918. The van der Waals surface area contributed by atoms with Crippen LogP contribution >= 0.6 is 15.9 Å². The zero-order chi connectivity index (χ0) is 53.3. The molecule has 6 heterocycles. The molecule has 10 rings (SSSR count). The van der Waals surface area contributed by atoms with Crippen LogP contribution in [-0.4, -0.2) is 51.6 Å². The van der Waals surface area contributed by atoms with E-state index in [4.69, 9.17) is 5.73 Å². The smallest absolute Gasteiger partial charge is 0.383 e. The molecule has 4 aromatic carbocycles. The number of benzene rings is 4. The number of nitrogens with one attached hydrogen (secondary N) is 2. The van der Waals surface area contributed by atoms with Gasteiger partial charge in [-0.3, -0.25) is 19.6 Å². The van der Waals surface area contributed by atoms with Crippen LogP contribution in [0.2, 0.25) is 0 Å². The molecule has 0 saturated heterocycles. The third-order valence-corrected chi connectivity index (χ3v) is 12.0. The maximum Gasteiger partial charge on any atom is 0.416 e. The minimum absolute atomic E-state index is 0.103. The number of pyridine rings is 4. The molecular formula is C55H40BrF6N11O2. The number of nitrogen functional groups attached to an aromatic ring is 1. The maximum absolute atomic E-state index is 13.1. The number of carbonyl (C=O) groups is 2. The molecule has 10 aromatic rings. The molecule has 1 amide bonds. The van der Waals surface area contributed by atoms with Crippen molar-refractivity contribution in [3.63, 3.8) is 0 Å². The van der Waals surface area contributed by atoms with Crippen molar-refractivity contribution in [3.8, 4) is 22.8 Å². The normalized spacial score (nSPS) is 11.2. The molecule has 0 atom stereocenters. The number of ketones is 1. The lowest BCUT2D eigenvalue weighted by atomic mass is 9.99. The van der Waals surface area contributed by atoms with Gasteiger partial charge >= 0.3 is 12.4 Å². The van der Waals surface area contributed by atoms with Crippen molar-refractivity contribution >= 4 is 72.7 Å². The van der Waals surface area contributed by atoms with Gasteiger partial charge in [0, 0.05) is 81.7 Å². The van der Waals surface area contributed by atoms with Crippen LogP contribution in [0.5, 0.6) is 0 Å². The van der Waals surface area contributed by atoms with Crippen LogP contribution in [0.15, 0.2) is 175 Å². The van der Waals surface area contributed by atoms with Gasteiger partial charge in [0.1, 0.15) is 11.6 Å². The van der Waals surface area contributed by atoms with Crippen LogP contribution in [0, 0.1) is 13.8 Å². The Morgan fingerprint density at radius 1 is 0.587 bits per heavy atom. The van der Waals surface area contributed by atoms with Crippen molar-refractivity contribution in [2.45, 2.75) is 32.6 Å². The Balaban J connectivity index is 0.000000165. The minimum atomic E-state index is -4.47. The number of aromatic nitrogens is 8. The SMILES string of the molecule is Cc1ccc(C(=O)Cc2cccc(C(F)(F)F)c2)cc1Nc1nc(-c2cccnc2)nc2ncccc12.Cc1ccc(C(=O)Nc2cccc(C(F)(F)F)c2)cc1Br.Nc1nc(-c2cccnc2)nc2ncccc12. The van der Waals surface area contributed by atoms with Crippen LogP contribution in [0.3, 0.4) is 0 Å². The fourth-order valence-electron chi connectivity index (χ4n) is 7.20. The Morgan fingerprint density at radius 3 is 1.79 bits per heavy atom. The molecular weight excluding hydrogens is 1040 g/mol. The molecule has 0 unspecified atom stereocenters. The van der Waals surface area contributed by atoms with Crippen molar-refractivity contribution in [2.75, 3.05) is 16.4 Å². The monoisotopic (exact) mass is 1080 g/mol. The zero-order valence-corrected chi connectivity index (χ0v) is 41.1. The van der Waals surface area contributed by atoms with Crippen molar-refractivity contribution in [2.24, 2.45) is 0 Å². The second-order valence-electron chi connectivity index (χ2n) is 16.5. The first-order chi connectivity index (χ1) is 35.9. The summed E-state index contributed by atoms with van der Waals surface area (Å²) in [7, 11) is 0. The standard InChI is InChI=1S/C28H20F3N5O.C15H11BrF3NO.C12H9N5/c1-17-9-10-19(24(37)14-18-5-2-7-21(13-18)28(29,30)31)15-23(17)34-27-22-8-4-12-33-26(22)35-25(36-27)20-6-3-11-32-16-20;1-9-5-6-10(7-13(9)16)14(21)20-12-4-2-3-11(8-12)15(17,18)19;13-10-9-4-2-6-15-12(9)17-11(16-10)8-3-1-5-14-7-8/h2-13,15-16H,14H2,1H3,(H,33,34,35,36);2-8H,1H3,(H,20,21);1-7H,(H2,13,15,16,17). The number of fused-ring (bicyclic) bond motifs is 2. The van der Waals surface area contributed by atoms with Gasteiger partial charge in [-0.25, -0.2) is 29.9 Å². The molecule has 0 spiro atoms. The van der Waals surface area contributed by atoms with Crippen LogP contribution in [0.25, 0.3) is 44.8 Å². The summed E-state index contributed by atoms with van der Waals surface area (Å²) < 4.78 is 77.8. The summed E-state index contributed by atoms with van der Waals surface area (Å²) in [5, 5.41) is 7.21. The number of aryl methyl sites for hydroxylation is 2. The predicted octanol–water partition coefficient (Wildman–Crippen LogP) is 13.3. The largest absolute Gasteiger partial charge is 0.416 e. The van der Waals surface area contributed by atoms with Crippen LogP contribution in [0.1, 0.15) is 48.5 Å². The van der Waals surface area contributed by atoms with E-state index in [1.54, 1.807) is 85.7 Å². The lowest BCUT2D eigenvalue weighted by molar-refractivity contribution is -0.138. The number of Topliss-reactive ketones (excluding diaryl/α,β-unsaturated/α-hetero) is 1. The molecule has 13 nitrogen and oxygen atoms in total. The molecule has 20 heteroatoms. The molecule has 0 saturated carbocycles. The van der Waals surface area contributed by atoms with Gasteiger partial charge in [0.15, 0.2) is 28.7 Å². The first kappa shape index (κ1) is 52.3. The lowest BCUT2D eigenvalue weighted by Gasteiger charge is -2.14. The fourth-order valence-corrected chi connectivity index (χ4v) is 7.58. The van der Waals surface area contributed by atoms with E-state index < -0.39 is 29.4 Å². The van der Waals surface area contributed by atoms with E-state index >= 15 is 0 Å². The first-order valence-corrected chi connectivity index (χ1v) is 23.3. The van der Waals surface area contributed by atoms with Gasteiger partial charge < -0.3 is 16.4 Å². The summed E-state index contributed by atoms with van der Waals surface area (Å²) in [6.45, 7) is 3.76. The van der Waals surface area contributed by atoms with Gasteiger partial charge in [-0.05, 0) is 122 Å². The second-order valence-corrected chi connectivity index (χ2v) is 17.4. The molecule has 0 aliphatic carbocycles. The van der Waals surface area contributed by atoms with Gasteiger partial charge in [-0.1, -0.05) is 58.4 Å². The Morgan fingerprint density at radius 2 is 1.16 bits per heavy atom. The van der Waals surface area contributed by atoms with E-state index in [2.05, 4.69) is 66.4 Å². The number of halogens is 7. The Hall–Kier alpha value is -9.04. The predicted molar refractivity (Wildman–Crippen MR) is 278 cm³/mol. The molecule has 0 aliphatic rings. The maximum atomic E-state index is 13.1. The first-order valence-electron chi connectivity index (χ1n) is 22.5. The topological polar surface area (TPSA) is 187 Å². The number of carbonyl (C=O) groups excluding carboxylic acids is 2. The van der Waals surface area contributed by atoms with E-state index in [1.807, 2.05) is 50.2 Å². The number of amides is 1. The molecule has 0 bridgehead atoms. The molecule has 6 aromatic heterocycles. The molecule has 75 heavy (non-hydrogen) atoms. The highest BCUT2D eigenvalue weighted by Gasteiger charge is 2.31. The molecule has 0 fully saturated rings. The average Bonchev–Trinajstić information content (AvgIpc) is 3.40. The van der Waals surface area contributed by atoms with E-state index in [1.165, 1.54) is 24.3 Å². The molecule has 376 valence electrons. The van der Waals surface area contributed by atoms with Crippen molar-refractivity contribution < 1.29 is 35.9 Å². The van der Waals surface area contributed by atoms with Gasteiger partial charge in [-0.15, -0.1) is 0 Å². The van der Waals surface area contributed by atoms with Gasteiger partial charge in [0.2, 0.25) is 0 Å². The number of nitrogens with zero attached hydrogens (tertiary/aromatic N) is 8. The third-order valence-electron chi connectivity index (χ3n) is 11.1. The summed E-state index contributed by atoms with van der Waals surface area (Å²) in [5.41, 5.74) is 10.5. The lowest BCUT2D eigenvalue weighted by Crippen LogP contribution is -2.13. The number of nitrogens with two attached hydrogens (primary N) is 1. The zero-order valence-electron chi connectivity index (χ0n) is 39.5. The van der Waals surface area contributed by atoms with E-state index in [0.717, 1.165) is 56.4 Å². The van der Waals surface area contributed by atoms with Crippen molar-refractivity contribution in [1.29, 1.82) is 0 Å². The Kier molecular flexibility index (Phi) is 15.9. The number of alkyl halides is 6. The summed E-state index contributed by atoms with van der Waals surface area (Å²) in [5.74, 6) is 1.16. The van der Waals surface area contributed by atoms with E-state index in [9.17, 15) is 35.9 Å². The van der Waals surface area contributed by atoms with Gasteiger partial charge in [0.25, 0.3) is 5.91 Å². The third kappa shape index (κ3) is 13.3. The van der Waals surface area contributed by atoms with E-state index in [0.29, 0.717) is 62.3 Å². The highest BCUT2D eigenvalue weighted by molar-refractivity contribution is 9.10. The summed E-state index contributed by atoms with van der Waals surface area (Å²) in [4.78, 5) is 59.6. The van der Waals surface area contributed by atoms with Crippen LogP contribution in [0.4, 0.5) is 49.4 Å². The second kappa shape index (κ2) is 22.8. The van der Waals surface area contributed by atoms with Crippen molar-refractivity contribution in [3.05, 3.63) is 214 Å². The highest BCUT2D eigenvalue weighted by Crippen LogP contribution is 2.33. The minimum Gasteiger partial charge on any atom is -0.383 e. The van der Waals surface area contributed by atoms with Gasteiger partial charge in [0.05, 0.1) is 21.9 Å². The Bertz CT molecular complexity index is 3680. The summed E-state index contributed by atoms with van der Waals surface area (Å²) in [6, 6.07) is 34.1. The van der Waals surface area contributed by atoms with Crippen LogP contribution in [-0.2, 0) is 18.8 Å². The van der Waals surface area contributed by atoms with Crippen LogP contribution < -0.4 is 16.4 Å². The molecule has 4 N–H and O–H groups in total. The summed E-state index contributed by atoms with van der Waals surface area (Å²) >= 11 is 3.31. The number of rotatable bonds is 9. The van der Waals surface area contributed by atoms with Gasteiger partial charge in [-0.2, -0.15) is 26.3 Å². The molecule has 0 aliphatic heterocycles. The number of hydrogen-bond donors (Lipinski definition) is 3. The summed E-state index contributed by atoms with van der Waals surface area (Å²) in [6.07, 6.45) is 0.983.